The summed E-state index contributed by atoms with van der Waals surface area (Å²) in [5, 5.41) is 12.8. The number of carboxylic acids is 1. The number of rotatable bonds is 6. The fraction of sp³-hybridized carbons (Fsp3) is 0.440. The summed E-state index contributed by atoms with van der Waals surface area (Å²) in [5.41, 5.74) is 1.82. The minimum atomic E-state index is -4.77. The molecule has 2 atom stereocenters. The fourth-order valence-corrected chi connectivity index (χ4v) is 5.28. The number of hydrogen-bond donors (Lipinski definition) is 2. The van der Waals surface area contributed by atoms with Crippen molar-refractivity contribution in [2.75, 3.05) is 12.4 Å². The van der Waals surface area contributed by atoms with Gasteiger partial charge in [0.05, 0.1) is 18.1 Å². The minimum Gasteiger partial charge on any atom is -0.496 e. The van der Waals surface area contributed by atoms with Gasteiger partial charge in [-0.3, -0.25) is 0 Å². The van der Waals surface area contributed by atoms with E-state index in [1.165, 1.54) is 37.4 Å². The molecule has 1 aliphatic carbocycles. The molecule has 7 nitrogen and oxygen atoms in total. The Morgan fingerprint density at radius 1 is 1.20 bits per heavy atom. The number of ether oxygens (including phenoxy) is 2. The molecule has 0 spiro atoms. The first-order valence-electron chi connectivity index (χ1n) is 11.3. The molecule has 35 heavy (non-hydrogen) atoms. The first kappa shape index (κ1) is 24.7. The van der Waals surface area contributed by atoms with E-state index < -0.39 is 12.3 Å². The number of fused-ring (bicyclic) bond motifs is 1. The van der Waals surface area contributed by atoms with E-state index in [0.29, 0.717) is 23.1 Å². The number of aromatic carboxylic acids is 1. The van der Waals surface area contributed by atoms with Crippen LogP contribution >= 0.6 is 0 Å². The lowest BCUT2D eigenvalue weighted by atomic mass is 9.70. The molecule has 1 fully saturated rings. The van der Waals surface area contributed by atoms with Gasteiger partial charge in [-0.25, -0.2) is 9.78 Å². The van der Waals surface area contributed by atoms with E-state index in [1.54, 1.807) is 6.07 Å². The standard InChI is InChI=1S/C25H28F3N3O4/c1-14-9-16(13-24(2,3)12-14)31-20-11-21(34-4)18(22(32)33)10-19(20)30-23(31)29-15-5-7-17(8-6-15)35-25(26,27)28/h5-8,10-11,14,16H,9,12-13H2,1-4H3,(H,29,30)(H,32,33)/t14-,16+/m1/s1. The topological polar surface area (TPSA) is 85.6 Å². The summed E-state index contributed by atoms with van der Waals surface area (Å²) in [7, 11) is 1.42. The second-order valence-corrected chi connectivity index (χ2v) is 9.92. The maximum absolute atomic E-state index is 12.5. The van der Waals surface area contributed by atoms with Crippen LogP contribution in [0.4, 0.5) is 24.8 Å². The highest BCUT2D eigenvalue weighted by molar-refractivity contribution is 5.96. The largest absolute Gasteiger partial charge is 0.573 e. The first-order valence-corrected chi connectivity index (χ1v) is 11.3. The molecule has 2 N–H and O–H groups in total. The molecule has 2 aromatic carbocycles. The van der Waals surface area contributed by atoms with Crippen LogP contribution in [0.25, 0.3) is 11.0 Å². The Morgan fingerprint density at radius 2 is 1.89 bits per heavy atom. The molecule has 1 saturated carbocycles. The Balaban J connectivity index is 1.79. The molecule has 1 aliphatic rings. The molecule has 4 rings (SSSR count). The van der Waals surface area contributed by atoms with E-state index in [-0.39, 0.29) is 28.5 Å². The number of benzene rings is 2. The zero-order valence-electron chi connectivity index (χ0n) is 19.9. The lowest BCUT2D eigenvalue weighted by molar-refractivity contribution is -0.274. The smallest absolute Gasteiger partial charge is 0.496 e. The monoisotopic (exact) mass is 491 g/mol. The quantitative estimate of drug-likeness (QED) is 0.396. The van der Waals surface area contributed by atoms with Crippen molar-refractivity contribution in [2.45, 2.75) is 52.4 Å². The summed E-state index contributed by atoms with van der Waals surface area (Å²) in [4.78, 5) is 16.4. The van der Waals surface area contributed by atoms with E-state index in [9.17, 15) is 23.1 Å². The maximum Gasteiger partial charge on any atom is 0.573 e. The third-order valence-corrected chi connectivity index (χ3v) is 6.31. The molecule has 0 bridgehead atoms. The Kier molecular flexibility index (Phi) is 6.33. The zero-order valence-corrected chi connectivity index (χ0v) is 19.9. The van der Waals surface area contributed by atoms with Crippen molar-refractivity contribution in [1.82, 2.24) is 9.55 Å². The van der Waals surface area contributed by atoms with Crippen LogP contribution in [0.5, 0.6) is 11.5 Å². The van der Waals surface area contributed by atoms with Crippen molar-refractivity contribution >= 4 is 28.6 Å². The van der Waals surface area contributed by atoms with E-state index in [0.717, 1.165) is 24.8 Å². The highest BCUT2D eigenvalue weighted by Crippen LogP contribution is 2.46. The second kappa shape index (κ2) is 8.98. The number of nitrogens with one attached hydrogen (secondary N) is 1. The van der Waals surface area contributed by atoms with Gasteiger partial charge in [0.15, 0.2) is 0 Å². The number of carbonyl (C=O) groups is 1. The molecular weight excluding hydrogens is 463 g/mol. The lowest BCUT2D eigenvalue weighted by Gasteiger charge is -2.40. The zero-order chi connectivity index (χ0) is 25.5. The third kappa shape index (κ3) is 5.47. The van der Waals surface area contributed by atoms with Crippen LogP contribution < -0.4 is 14.8 Å². The van der Waals surface area contributed by atoms with Gasteiger partial charge in [0, 0.05) is 17.8 Å². The van der Waals surface area contributed by atoms with Crippen molar-refractivity contribution < 1.29 is 32.5 Å². The van der Waals surface area contributed by atoms with E-state index in [2.05, 4.69) is 40.4 Å². The summed E-state index contributed by atoms with van der Waals surface area (Å²) in [5.74, 6) is -0.276. The van der Waals surface area contributed by atoms with Crippen molar-refractivity contribution in [1.29, 1.82) is 0 Å². The number of methoxy groups -OCH3 is 1. The minimum absolute atomic E-state index is 0.00203. The van der Waals surface area contributed by atoms with Crippen LogP contribution in [0, 0.1) is 11.3 Å². The van der Waals surface area contributed by atoms with Crippen molar-refractivity contribution in [3.63, 3.8) is 0 Å². The molecule has 1 aromatic heterocycles. The maximum atomic E-state index is 12.5. The highest BCUT2D eigenvalue weighted by Gasteiger charge is 2.35. The van der Waals surface area contributed by atoms with Crippen LogP contribution in [0.1, 0.15) is 56.4 Å². The molecule has 0 saturated heterocycles. The van der Waals surface area contributed by atoms with Gasteiger partial charge in [0.1, 0.15) is 17.1 Å². The van der Waals surface area contributed by atoms with E-state index in [4.69, 9.17) is 4.74 Å². The van der Waals surface area contributed by atoms with Crippen molar-refractivity contribution in [2.24, 2.45) is 11.3 Å². The van der Waals surface area contributed by atoms with Crippen LogP contribution in [0.2, 0.25) is 0 Å². The van der Waals surface area contributed by atoms with Gasteiger partial charge in [-0.05, 0) is 60.9 Å². The van der Waals surface area contributed by atoms with Crippen LogP contribution in [0.15, 0.2) is 36.4 Å². The number of halogens is 3. The van der Waals surface area contributed by atoms with Crippen molar-refractivity contribution in [3.8, 4) is 11.5 Å². The van der Waals surface area contributed by atoms with Gasteiger partial charge in [0.2, 0.25) is 5.95 Å². The van der Waals surface area contributed by atoms with E-state index in [1.807, 2.05) is 0 Å². The molecule has 188 valence electrons. The number of alkyl halides is 3. The number of aromatic nitrogens is 2. The second-order valence-electron chi connectivity index (χ2n) is 9.92. The van der Waals surface area contributed by atoms with Gasteiger partial charge < -0.3 is 24.5 Å². The molecule has 3 aromatic rings. The summed E-state index contributed by atoms with van der Waals surface area (Å²) < 4.78 is 48.9. The lowest BCUT2D eigenvalue weighted by Crippen LogP contribution is -2.29. The van der Waals surface area contributed by atoms with Crippen LogP contribution in [-0.2, 0) is 0 Å². The summed E-state index contributed by atoms with van der Waals surface area (Å²) in [6.45, 7) is 6.66. The average molecular weight is 492 g/mol. The summed E-state index contributed by atoms with van der Waals surface area (Å²) >= 11 is 0. The molecule has 0 unspecified atom stereocenters. The number of hydrogen-bond acceptors (Lipinski definition) is 5. The predicted octanol–water partition coefficient (Wildman–Crippen LogP) is 6.77. The highest BCUT2D eigenvalue weighted by atomic mass is 19.4. The predicted molar refractivity (Wildman–Crippen MR) is 125 cm³/mol. The Labute approximate surface area is 200 Å². The number of imidazole rings is 1. The number of anilines is 2. The molecular formula is C25H28F3N3O4. The summed E-state index contributed by atoms with van der Waals surface area (Å²) in [6.07, 6.45) is -1.88. The van der Waals surface area contributed by atoms with Crippen molar-refractivity contribution in [3.05, 3.63) is 42.0 Å². The third-order valence-electron chi connectivity index (χ3n) is 6.31. The van der Waals surface area contributed by atoms with Crippen LogP contribution in [0.3, 0.4) is 0 Å². The van der Waals surface area contributed by atoms with Crippen LogP contribution in [-0.4, -0.2) is 34.1 Å². The SMILES string of the molecule is COc1cc2c(cc1C(=O)O)nc(Nc1ccc(OC(F)(F)F)cc1)n2[C@H]1C[C@@H](C)CC(C)(C)C1. The van der Waals surface area contributed by atoms with E-state index >= 15 is 0 Å². The molecule has 1 heterocycles. The fourth-order valence-electron chi connectivity index (χ4n) is 5.28. The number of carboxylic acid groups (broad SMARTS) is 1. The van der Waals surface area contributed by atoms with Gasteiger partial charge in [-0.1, -0.05) is 20.8 Å². The molecule has 0 amide bonds. The molecule has 10 heteroatoms. The molecule has 0 radical (unpaired) electrons. The Morgan fingerprint density at radius 3 is 2.46 bits per heavy atom. The Bertz CT molecular complexity index is 1240. The average Bonchev–Trinajstić information content (AvgIpc) is 3.08. The Hall–Kier alpha value is -3.43. The van der Waals surface area contributed by atoms with Gasteiger partial charge in [-0.2, -0.15) is 0 Å². The first-order chi connectivity index (χ1) is 16.3. The van der Waals surface area contributed by atoms with Gasteiger partial charge >= 0.3 is 12.3 Å². The van der Waals surface area contributed by atoms with Gasteiger partial charge in [0.25, 0.3) is 0 Å². The molecule has 0 aliphatic heterocycles. The normalized spacial score (nSPS) is 20.0. The van der Waals surface area contributed by atoms with Gasteiger partial charge in [-0.15, -0.1) is 13.2 Å². The number of nitrogens with zero attached hydrogens (tertiary/aromatic N) is 2. The summed E-state index contributed by atoms with van der Waals surface area (Å²) in [6, 6.07) is 8.64.